The van der Waals surface area contributed by atoms with Crippen molar-refractivity contribution in [1.29, 1.82) is 0 Å². The number of rotatable bonds is 14. The summed E-state index contributed by atoms with van der Waals surface area (Å²) < 4.78 is 0. The average molecular weight is 498 g/mol. The first-order valence-electron chi connectivity index (χ1n) is 12.1. The molecule has 0 saturated heterocycles. The fourth-order valence-corrected chi connectivity index (χ4v) is 3.66. The molecule has 2 aromatic carbocycles. The number of nitrogens with one attached hydrogen (secondary N) is 2. The number of carbonyl (C=O) groups excluding carboxylic acids is 3. The van der Waals surface area contributed by atoms with Crippen molar-refractivity contribution in [1.82, 2.24) is 10.2 Å². The molecule has 2 rings (SSSR count). The van der Waals surface area contributed by atoms with E-state index < -0.39 is 18.0 Å². The maximum atomic E-state index is 13.1. The van der Waals surface area contributed by atoms with Crippen molar-refractivity contribution < 1.29 is 14.4 Å². The normalized spacial score (nSPS) is 12.4. The Labute approximate surface area is 213 Å². The molecule has 0 aliphatic rings. The lowest BCUT2D eigenvalue weighted by molar-refractivity contribution is -0.134. The van der Waals surface area contributed by atoms with E-state index in [1.807, 2.05) is 61.5 Å². The molecule has 0 unspecified atom stereocenters. The third-order valence-corrected chi connectivity index (χ3v) is 5.73. The van der Waals surface area contributed by atoms with Crippen LogP contribution < -0.4 is 32.7 Å². The van der Waals surface area contributed by atoms with Gasteiger partial charge in [0, 0.05) is 51.6 Å². The molecule has 10 heteroatoms. The van der Waals surface area contributed by atoms with Crippen LogP contribution in [0.4, 0.5) is 11.4 Å². The fraction of sp³-hybridized carbons (Fsp3) is 0.423. The molecule has 0 heterocycles. The highest BCUT2D eigenvalue weighted by Gasteiger charge is 2.26. The van der Waals surface area contributed by atoms with Gasteiger partial charge < -0.3 is 37.6 Å². The molecule has 0 aromatic heterocycles. The number of nitrogens with zero attached hydrogens (tertiary/aromatic N) is 2. The number of amides is 3. The van der Waals surface area contributed by atoms with Gasteiger partial charge in [-0.3, -0.25) is 14.4 Å². The highest BCUT2D eigenvalue weighted by Crippen LogP contribution is 2.16. The van der Waals surface area contributed by atoms with Crippen LogP contribution in [0.3, 0.4) is 0 Å². The van der Waals surface area contributed by atoms with Gasteiger partial charge in [-0.1, -0.05) is 30.3 Å². The third kappa shape index (κ3) is 9.29. The van der Waals surface area contributed by atoms with E-state index in [4.69, 9.17) is 17.2 Å². The topological polar surface area (TPSA) is 160 Å². The first-order valence-corrected chi connectivity index (χ1v) is 12.1. The summed E-state index contributed by atoms with van der Waals surface area (Å²) in [7, 11) is 3.87. The van der Waals surface area contributed by atoms with Gasteiger partial charge in [0.15, 0.2) is 0 Å². The molecule has 3 amide bonds. The van der Waals surface area contributed by atoms with E-state index in [1.165, 1.54) is 4.90 Å². The van der Waals surface area contributed by atoms with E-state index in [0.717, 1.165) is 11.3 Å². The Hall–Kier alpha value is -3.47. The lowest BCUT2D eigenvalue weighted by Crippen LogP contribution is -2.52. The van der Waals surface area contributed by atoms with Crippen molar-refractivity contribution in [2.45, 2.75) is 31.3 Å². The van der Waals surface area contributed by atoms with Crippen molar-refractivity contribution in [3.8, 4) is 0 Å². The smallest absolute Gasteiger partial charge is 0.246 e. The van der Waals surface area contributed by atoms with Crippen LogP contribution in [0.1, 0.15) is 18.4 Å². The second-order valence-corrected chi connectivity index (χ2v) is 8.78. The maximum Gasteiger partial charge on any atom is 0.246 e. The summed E-state index contributed by atoms with van der Waals surface area (Å²) in [6.07, 6.45) is 0.739. The zero-order valence-electron chi connectivity index (χ0n) is 21.2. The van der Waals surface area contributed by atoms with Crippen LogP contribution in [-0.4, -0.2) is 75.0 Å². The Morgan fingerprint density at radius 1 is 0.889 bits per heavy atom. The van der Waals surface area contributed by atoms with Gasteiger partial charge in [-0.15, -0.1) is 0 Å². The number of aryl methyl sites for hydroxylation is 1. The first-order chi connectivity index (χ1) is 17.2. The molecule has 10 nitrogen and oxygen atoms in total. The molecule has 0 spiro atoms. The number of benzene rings is 2. The minimum absolute atomic E-state index is 0.204. The molecule has 2 atom stereocenters. The Bertz CT molecular complexity index is 961. The predicted octanol–water partition coefficient (Wildman–Crippen LogP) is 0.272. The summed E-state index contributed by atoms with van der Waals surface area (Å²) in [6, 6.07) is 15.1. The predicted molar refractivity (Wildman–Crippen MR) is 143 cm³/mol. The molecule has 196 valence electrons. The zero-order chi connectivity index (χ0) is 26.5. The van der Waals surface area contributed by atoms with Crippen molar-refractivity contribution in [2.24, 2.45) is 17.2 Å². The monoisotopic (exact) mass is 497 g/mol. The molecule has 8 N–H and O–H groups in total. The van der Waals surface area contributed by atoms with Gasteiger partial charge >= 0.3 is 0 Å². The van der Waals surface area contributed by atoms with Crippen LogP contribution in [0.5, 0.6) is 0 Å². The number of nitrogens with two attached hydrogens (primary N) is 3. The molecule has 36 heavy (non-hydrogen) atoms. The van der Waals surface area contributed by atoms with Gasteiger partial charge in [-0.2, -0.15) is 0 Å². The SMILES string of the molecule is CN(C)c1ccc(NC(=O)[C@H](CCc2ccccc2)NC(=O)[C@@H](N)CC(=O)N(CCN)CCN)cc1. The van der Waals surface area contributed by atoms with E-state index in [-0.39, 0.29) is 31.3 Å². The standard InChI is InChI=1S/C26H39N7O3/c1-32(2)21-11-9-20(10-12-21)30-26(36)23(13-8-19-6-4-3-5-7-19)31-25(35)22(29)18-24(34)33(16-14-27)17-15-28/h3-7,9-12,22-23H,8,13-18,27-29H2,1-2H3,(H,30,36)(H,31,35)/t22-,23-/m0/s1. The van der Waals surface area contributed by atoms with Crippen LogP contribution in [0, 0.1) is 0 Å². The summed E-state index contributed by atoms with van der Waals surface area (Å²) >= 11 is 0. The minimum atomic E-state index is -1.11. The minimum Gasteiger partial charge on any atom is -0.378 e. The van der Waals surface area contributed by atoms with E-state index in [2.05, 4.69) is 10.6 Å². The van der Waals surface area contributed by atoms with Crippen LogP contribution >= 0.6 is 0 Å². The summed E-state index contributed by atoms with van der Waals surface area (Å²) in [5.41, 5.74) is 19.8. The number of hydrogen-bond donors (Lipinski definition) is 5. The molecule has 0 aliphatic heterocycles. The Morgan fingerprint density at radius 3 is 2.06 bits per heavy atom. The molecule has 2 aromatic rings. The van der Waals surface area contributed by atoms with E-state index in [9.17, 15) is 14.4 Å². The number of anilines is 2. The van der Waals surface area contributed by atoms with Gasteiger partial charge in [0.2, 0.25) is 17.7 Å². The Morgan fingerprint density at radius 2 is 1.50 bits per heavy atom. The highest BCUT2D eigenvalue weighted by atomic mass is 16.2. The van der Waals surface area contributed by atoms with Gasteiger partial charge in [0.05, 0.1) is 12.5 Å². The van der Waals surface area contributed by atoms with Gasteiger partial charge in [0.25, 0.3) is 0 Å². The highest BCUT2D eigenvalue weighted by molar-refractivity contribution is 5.98. The Kier molecular flexibility index (Phi) is 11.8. The van der Waals surface area contributed by atoms with E-state index in [0.29, 0.717) is 31.6 Å². The second kappa shape index (κ2) is 14.8. The van der Waals surface area contributed by atoms with Crippen molar-refractivity contribution in [3.05, 3.63) is 60.2 Å². The molecule has 0 aliphatic carbocycles. The summed E-state index contributed by atoms with van der Waals surface area (Å²) in [4.78, 5) is 42.0. The average Bonchev–Trinajstić information content (AvgIpc) is 2.87. The van der Waals surface area contributed by atoms with Crippen LogP contribution in [-0.2, 0) is 20.8 Å². The maximum absolute atomic E-state index is 13.1. The number of carbonyl (C=O) groups is 3. The summed E-state index contributed by atoms with van der Waals surface area (Å²) in [5.74, 6) is -1.23. The molecular weight excluding hydrogens is 458 g/mol. The number of hydrogen-bond acceptors (Lipinski definition) is 7. The molecule has 0 fully saturated rings. The van der Waals surface area contributed by atoms with Gasteiger partial charge in [0.1, 0.15) is 6.04 Å². The van der Waals surface area contributed by atoms with Crippen molar-refractivity contribution in [3.63, 3.8) is 0 Å². The zero-order valence-corrected chi connectivity index (χ0v) is 21.2. The van der Waals surface area contributed by atoms with Crippen LogP contribution in [0.25, 0.3) is 0 Å². The quantitative estimate of drug-likeness (QED) is 0.250. The largest absolute Gasteiger partial charge is 0.378 e. The van der Waals surface area contributed by atoms with E-state index in [1.54, 1.807) is 12.1 Å². The van der Waals surface area contributed by atoms with Crippen LogP contribution in [0.2, 0.25) is 0 Å². The molecule has 0 bridgehead atoms. The fourth-order valence-electron chi connectivity index (χ4n) is 3.66. The molecule has 0 radical (unpaired) electrons. The van der Waals surface area contributed by atoms with Crippen molar-refractivity contribution >= 4 is 29.1 Å². The molecule has 0 saturated carbocycles. The Balaban J connectivity index is 2.08. The lowest BCUT2D eigenvalue weighted by atomic mass is 10.0. The van der Waals surface area contributed by atoms with Crippen LogP contribution in [0.15, 0.2) is 54.6 Å². The second-order valence-electron chi connectivity index (χ2n) is 8.78. The molecular formula is C26H39N7O3. The first kappa shape index (κ1) is 28.8. The van der Waals surface area contributed by atoms with Crippen molar-refractivity contribution in [2.75, 3.05) is 50.5 Å². The van der Waals surface area contributed by atoms with E-state index >= 15 is 0 Å². The summed E-state index contributed by atoms with van der Waals surface area (Å²) in [5, 5.41) is 5.61. The van der Waals surface area contributed by atoms with Gasteiger partial charge in [-0.25, -0.2) is 0 Å². The lowest BCUT2D eigenvalue weighted by Gasteiger charge is -2.24. The third-order valence-electron chi connectivity index (χ3n) is 5.73. The van der Waals surface area contributed by atoms with Gasteiger partial charge in [-0.05, 0) is 42.7 Å². The summed E-state index contributed by atoms with van der Waals surface area (Å²) in [6.45, 7) is 1.23.